The molecule has 0 aliphatic carbocycles. The van der Waals surface area contributed by atoms with Gasteiger partial charge < -0.3 is 10.3 Å². The minimum atomic E-state index is 0.653. The van der Waals surface area contributed by atoms with Crippen LogP contribution in [0.5, 0.6) is 0 Å². The van der Waals surface area contributed by atoms with Crippen molar-refractivity contribution < 1.29 is 0 Å². The number of aryl methyl sites for hydroxylation is 1. The Labute approximate surface area is 126 Å². The Bertz CT molecular complexity index is 617. The number of nitrogens with two attached hydrogens (primary N) is 1. The van der Waals surface area contributed by atoms with Crippen LogP contribution in [-0.4, -0.2) is 33.6 Å². The maximum Gasteiger partial charge on any atom is 0.109 e. The van der Waals surface area contributed by atoms with Gasteiger partial charge in [0.05, 0.1) is 11.0 Å². The molecule has 1 aliphatic heterocycles. The lowest BCUT2D eigenvalue weighted by atomic mass is 10.2. The second-order valence-electron chi connectivity index (χ2n) is 6.06. The van der Waals surface area contributed by atoms with Crippen LogP contribution in [-0.2, 0) is 13.0 Å². The number of benzene rings is 1. The maximum absolute atomic E-state index is 5.91. The third-order valence-electron chi connectivity index (χ3n) is 4.62. The largest absolute Gasteiger partial charge is 0.399 e. The number of likely N-dealkylation sites (tertiary alicyclic amines) is 1. The second-order valence-corrected chi connectivity index (χ2v) is 6.06. The topological polar surface area (TPSA) is 47.1 Å². The molecule has 0 saturated carbocycles. The highest BCUT2D eigenvalue weighted by atomic mass is 15.2. The van der Waals surface area contributed by atoms with Crippen molar-refractivity contribution in [3.05, 3.63) is 24.0 Å². The van der Waals surface area contributed by atoms with E-state index < -0.39 is 0 Å². The first-order valence-corrected chi connectivity index (χ1v) is 8.21. The number of nitrogen functional groups attached to an aromatic ring is 1. The zero-order valence-corrected chi connectivity index (χ0v) is 13.2. The molecule has 4 nitrogen and oxygen atoms in total. The first kappa shape index (κ1) is 14.4. The van der Waals surface area contributed by atoms with Crippen LogP contribution in [0.4, 0.5) is 5.69 Å². The zero-order chi connectivity index (χ0) is 14.8. The van der Waals surface area contributed by atoms with E-state index in [0.717, 1.165) is 37.1 Å². The number of rotatable bonds is 5. The lowest BCUT2D eigenvalue weighted by Gasteiger charge is -2.24. The van der Waals surface area contributed by atoms with Crippen molar-refractivity contribution in [2.75, 3.05) is 18.8 Å². The SMILES string of the molecule is CCCc1nc2cc(N)ccc2n1CC1CCCN1CC. The lowest BCUT2D eigenvalue weighted by Crippen LogP contribution is -2.33. The Morgan fingerprint density at radius 2 is 2.19 bits per heavy atom. The summed E-state index contributed by atoms with van der Waals surface area (Å²) in [6.45, 7) is 7.92. The van der Waals surface area contributed by atoms with Crippen LogP contribution in [0, 0.1) is 0 Å². The number of aromatic nitrogens is 2. The third kappa shape index (κ3) is 2.77. The average Bonchev–Trinajstić information content (AvgIpc) is 3.04. The van der Waals surface area contributed by atoms with Gasteiger partial charge in [-0.1, -0.05) is 13.8 Å². The van der Waals surface area contributed by atoms with E-state index in [-0.39, 0.29) is 0 Å². The Balaban J connectivity index is 1.96. The van der Waals surface area contributed by atoms with E-state index in [1.165, 1.54) is 30.7 Å². The fourth-order valence-corrected chi connectivity index (χ4v) is 3.54. The van der Waals surface area contributed by atoms with Crippen LogP contribution >= 0.6 is 0 Å². The fourth-order valence-electron chi connectivity index (χ4n) is 3.54. The quantitative estimate of drug-likeness (QED) is 0.859. The molecule has 0 bridgehead atoms. The van der Waals surface area contributed by atoms with Crippen LogP contribution in [0.25, 0.3) is 11.0 Å². The van der Waals surface area contributed by atoms with Gasteiger partial charge in [-0.05, 0) is 50.6 Å². The highest BCUT2D eigenvalue weighted by Crippen LogP contribution is 2.24. The summed E-state index contributed by atoms with van der Waals surface area (Å²) in [6.07, 6.45) is 4.78. The molecule has 1 atom stereocenters. The van der Waals surface area contributed by atoms with Crippen LogP contribution in [0.2, 0.25) is 0 Å². The molecule has 2 N–H and O–H groups in total. The third-order valence-corrected chi connectivity index (χ3v) is 4.62. The number of hydrogen-bond acceptors (Lipinski definition) is 3. The van der Waals surface area contributed by atoms with Gasteiger partial charge in [-0.25, -0.2) is 4.98 Å². The molecule has 1 aromatic carbocycles. The van der Waals surface area contributed by atoms with Crippen molar-refractivity contribution in [1.29, 1.82) is 0 Å². The van der Waals surface area contributed by atoms with Crippen LogP contribution in [0.1, 0.15) is 38.9 Å². The van der Waals surface area contributed by atoms with Gasteiger partial charge in [0.25, 0.3) is 0 Å². The standard InChI is InChI=1S/C17H26N4/c1-3-6-17-19-15-11-13(18)8-9-16(15)21(17)12-14-7-5-10-20(14)4-2/h8-9,11,14H,3-7,10,12,18H2,1-2H3. The van der Waals surface area contributed by atoms with Gasteiger partial charge in [0.1, 0.15) is 5.82 Å². The summed E-state index contributed by atoms with van der Waals surface area (Å²) in [7, 11) is 0. The van der Waals surface area contributed by atoms with Crippen molar-refractivity contribution in [1.82, 2.24) is 14.5 Å². The predicted molar refractivity (Wildman–Crippen MR) is 88.4 cm³/mol. The molecule has 2 heterocycles. The fraction of sp³-hybridized carbons (Fsp3) is 0.588. The Morgan fingerprint density at radius 3 is 2.95 bits per heavy atom. The molecule has 1 fully saturated rings. The van der Waals surface area contributed by atoms with E-state index in [9.17, 15) is 0 Å². The van der Waals surface area contributed by atoms with E-state index in [4.69, 9.17) is 10.7 Å². The maximum atomic E-state index is 5.91. The number of fused-ring (bicyclic) bond motifs is 1. The molecular weight excluding hydrogens is 260 g/mol. The monoisotopic (exact) mass is 286 g/mol. The molecule has 1 aromatic heterocycles. The smallest absolute Gasteiger partial charge is 0.109 e. The number of imidazole rings is 1. The average molecular weight is 286 g/mol. The van der Waals surface area contributed by atoms with E-state index in [1.807, 2.05) is 12.1 Å². The lowest BCUT2D eigenvalue weighted by molar-refractivity contribution is 0.244. The van der Waals surface area contributed by atoms with Crippen molar-refractivity contribution in [2.45, 2.75) is 52.1 Å². The summed E-state index contributed by atoms with van der Waals surface area (Å²) in [6, 6.07) is 6.77. The zero-order valence-electron chi connectivity index (χ0n) is 13.2. The van der Waals surface area contributed by atoms with Crippen molar-refractivity contribution in [2.24, 2.45) is 0 Å². The summed E-state index contributed by atoms with van der Waals surface area (Å²) >= 11 is 0. The molecule has 21 heavy (non-hydrogen) atoms. The van der Waals surface area contributed by atoms with Gasteiger partial charge in [0.15, 0.2) is 0 Å². The van der Waals surface area contributed by atoms with Gasteiger partial charge >= 0.3 is 0 Å². The normalized spacial score (nSPS) is 19.6. The molecular formula is C17H26N4. The van der Waals surface area contributed by atoms with Gasteiger partial charge in [-0.15, -0.1) is 0 Å². The summed E-state index contributed by atoms with van der Waals surface area (Å²) in [4.78, 5) is 7.42. The first-order chi connectivity index (χ1) is 10.2. The minimum absolute atomic E-state index is 0.653. The minimum Gasteiger partial charge on any atom is -0.399 e. The van der Waals surface area contributed by atoms with Crippen LogP contribution in [0.15, 0.2) is 18.2 Å². The molecule has 114 valence electrons. The Hall–Kier alpha value is -1.55. The second kappa shape index (κ2) is 6.06. The number of anilines is 1. The van der Waals surface area contributed by atoms with Crippen LogP contribution in [0.3, 0.4) is 0 Å². The van der Waals surface area contributed by atoms with E-state index in [0.29, 0.717) is 6.04 Å². The summed E-state index contributed by atoms with van der Waals surface area (Å²) in [5.74, 6) is 1.21. The van der Waals surface area contributed by atoms with E-state index in [2.05, 4.69) is 29.4 Å². The number of likely N-dealkylation sites (N-methyl/N-ethyl adjacent to an activating group) is 1. The Kier molecular flexibility index (Phi) is 4.15. The van der Waals surface area contributed by atoms with E-state index >= 15 is 0 Å². The Morgan fingerprint density at radius 1 is 1.33 bits per heavy atom. The molecule has 2 aromatic rings. The van der Waals surface area contributed by atoms with E-state index in [1.54, 1.807) is 0 Å². The highest BCUT2D eigenvalue weighted by molar-refractivity contribution is 5.79. The van der Waals surface area contributed by atoms with Crippen molar-refractivity contribution in [3.8, 4) is 0 Å². The van der Waals surface area contributed by atoms with Gasteiger partial charge in [-0.2, -0.15) is 0 Å². The van der Waals surface area contributed by atoms with Crippen LogP contribution < -0.4 is 5.73 Å². The first-order valence-electron chi connectivity index (χ1n) is 8.21. The summed E-state index contributed by atoms with van der Waals surface area (Å²) < 4.78 is 2.43. The molecule has 4 heteroatoms. The molecule has 1 saturated heterocycles. The summed E-state index contributed by atoms with van der Waals surface area (Å²) in [5.41, 5.74) is 8.98. The van der Waals surface area contributed by atoms with Gasteiger partial charge in [-0.3, -0.25) is 4.90 Å². The number of nitrogens with zero attached hydrogens (tertiary/aromatic N) is 3. The molecule has 0 radical (unpaired) electrons. The van der Waals surface area contributed by atoms with Crippen molar-refractivity contribution >= 4 is 16.7 Å². The molecule has 1 aliphatic rings. The predicted octanol–water partition coefficient (Wildman–Crippen LogP) is 3.06. The molecule has 0 spiro atoms. The molecule has 0 amide bonds. The van der Waals surface area contributed by atoms with Gasteiger partial charge in [0.2, 0.25) is 0 Å². The molecule has 3 rings (SSSR count). The van der Waals surface area contributed by atoms with Crippen molar-refractivity contribution in [3.63, 3.8) is 0 Å². The molecule has 1 unspecified atom stereocenters. The highest BCUT2D eigenvalue weighted by Gasteiger charge is 2.24. The summed E-state index contributed by atoms with van der Waals surface area (Å²) in [5, 5.41) is 0. The van der Waals surface area contributed by atoms with Gasteiger partial charge in [0, 0.05) is 24.7 Å². The number of hydrogen-bond donors (Lipinski definition) is 1.